The number of rotatable bonds is 5. The lowest BCUT2D eigenvalue weighted by Crippen LogP contribution is -2.33. The number of nitrogens with one attached hydrogen (secondary N) is 4. The van der Waals surface area contributed by atoms with Gasteiger partial charge in [-0.3, -0.25) is 9.78 Å². The Morgan fingerprint density at radius 2 is 1.89 bits per heavy atom. The van der Waals surface area contributed by atoms with Crippen molar-refractivity contribution in [2.24, 2.45) is 11.5 Å². The van der Waals surface area contributed by atoms with E-state index in [1.165, 1.54) is 0 Å². The number of aromatic nitrogens is 4. The highest BCUT2D eigenvalue weighted by molar-refractivity contribution is 5.93. The van der Waals surface area contributed by atoms with E-state index < -0.39 is 5.91 Å². The van der Waals surface area contributed by atoms with Crippen molar-refractivity contribution in [2.45, 2.75) is 37.8 Å². The van der Waals surface area contributed by atoms with Crippen molar-refractivity contribution in [3.63, 3.8) is 0 Å². The second-order valence-electron chi connectivity index (χ2n) is 6.88. The molecule has 1 aromatic carbocycles. The van der Waals surface area contributed by atoms with Crippen LogP contribution in [-0.2, 0) is 0 Å². The Balaban J connectivity index is 1.57. The molecule has 2 heterocycles. The summed E-state index contributed by atoms with van der Waals surface area (Å²) in [4.78, 5) is 26.6. The Bertz CT molecular complexity index is 944. The average molecular weight is 367 g/mol. The van der Waals surface area contributed by atoms with Gasteiger partial charge in [-0.15, -0.1) is 0 Å². The topological polar surface area (TPSA) is 149 Å². The molecule has 0 bridgehead atoms. The zero-order valence-corrected chi connectivity index (χ0v) is 14.8. The third-order valence-electron chi connectivity index (χ3n) is 4.87. The SMILES string of the molecule is NC(=O)c1ccc(Nc2nc(NC3CCC(N)CC3)nc3[nH+]c[nH]c23)cc1. The number of carbonyl (C=O) groups is 1. The van der Waals surface area contributed by atoms with Crippen molar-refractivity contribution in [2.75, 3.05) is 10.6 Å². The number of benzene rings is 1. The number of nitrogens with zero attached hydrogens (tertiary/aromatic N) is 2. The van der Waals surface area contributed by atoms with Crippen LogP contribution in [0, 0.1) is 0 Å². The molecule has 4 rings (SSSR count). The van der Waals surface area contributed by atoms with Gasteiger partial charge in [0.1, 0.15) is 0 Å². The van der Waals surface area contributed by atoms with Crippen molar-refractivity contribution in [1.29, 1.82) is 0 Å². The summed E-state index contributed by atoms with van der Waals surface area (Å²) in [6, 6.07) is 7.55. The van der Waals surface area contributed by atoms with E-state index in [9.17, 15) is 4.79 Å². The van der Waals surface area contributed by atoms with Crippen LogP contribution in [0.5, 0.6) is 0 Å². The number of hydrogen-bond donors (Lipinski definition) is 5. The third kappa shape index (κ3) is 3.82. The molecule has 0 atom stereocenters. The summed E-state index contributed by atoms with van der Waals surface area (Å²) >= 11 is 0. The van der Waals surface area contributed by atoms with E-state index in [0.29, 0.717) is 35.1 Å². The van der Waals surface area contributed by atoms with E-state index in [1.54, 1.807) is 30.6 Å². The molecule has 1 aliphatic rings. The molecule has 9 nitrogen and oxygen atoms in total. The fourth-order valence-electron chi connectivity index (χ4n) is 3.33. The number of aromatic amines is 2. The van der Waals surface area contributed by atoms with Crippen LogP contribution in [0.4, 0.5) is 17.5 Å². The summed E-state index contributed by atoms with van der Waals surface area (Å²) in [5, 5.41) is 6.69. The van der Waals surface area contributed by atoms with Gasteiger partial charge in [-0.2, -0.15) is 4.98 Å². The number of H-pyrrole nitrogens is 2. The van der Waals surface area contributed by atoms with Gasteiger partial charge in [0.05, 0.1) is 0 Å². The van der Waals surface area contributed by atoms with E-state index >= 15 is 0 Å². The molecule has 3 aromatic rings. The van der Waals surface area contributed by atoms with Crippen molar-refractivity contribution in [3.8, 4) is 0 Å². The summed E-state index contributed by atoms with van der Waals surface area (Å²) in [5.74, 6) is 0.752. The van der Waals surface area contributed by atoms with Gasteiger partial charge in [-0.25, -0.2) is 4.98 Å². The molecule has 27 heavy (non-hydrogen) atoms. The molecule has 0 unspecified atom stereocenters. The first kappa shape index (κ1) is 17.2. The monoisotopic (exact) mass is 367 g/mol. The molecule has 8 N–H and O–H groups in total. The largest absolute Gasteiger partial charge is 0.366 e. The highest BCUT2D eigenvalue weighted by atomic mass is 16.1. The van der Waals surface area contributed by atoms with Crippen LogP contribution in [0.3, 0.4) is 0 Å². The second-order valence-corrected chi connectivity index (χ2v) is 6.88. The Kier molecular flexibility index (Phi) is 4.59. The quantitative estimate of drug-likeness (QED) is 0.459. The van der Waals surface area contributed by atoms with E-state index in [-0.39, 0.29) is 0 Å². The fraction of sp³-hybridized carbons (Fsp3) is 0.333. The van der Waals surface area contributed by atoms with Gasteiger partial charge in [0, 0.05) is 23.3 Å². The maximum Gasteiger partial charge on any atom is 0.307 e. The zero-order chi connectivity index (χ0) is 18.8. The average Bonchev–Trinajstić information content (AvgIpc) is 3.13. The van der Waals surface area contributed by atoms with E-state index in [4.69, 9.17) is 11.5 Å². The number of nitrogens with two attached hydrogens (primary N) is 2. The molecule has 1 fully saturated rings. The minimum atomic E-state index is -0.455. The molecular weight excluding hydrogens is 344 g/mol. The molecule has 0 aliphatic heterocycles. The minimum Gasteiger partial charge on any atom is -0.366 e. The molecule has 1 aliphatic carbocycles. The van der Waals surface area contributed by atoms with E-state index in [1.807, 2.05) is 0 Å². The van der Waals surface area contributed by atoms with Crippen LogP contribution in [0.2, 0.25) is 0 Å². The standard InChI is InChI=1S/C18H22N8O/c19-11-3-7-13(8-4-11)24-18-25-16-14(21-9-22-16)17(26-18)23-12-5-1-10(2-6-12)15(20)27/h1-2,5-6,9,11,13H,3-4,7-8,19H2,(H2,20,27)(H3,21,22,23,24,25,26)/p+1. The van der Waals surface area contributed by atoms with Gasteiger partial charge in [-0.1, -0.05) is 4.98 Å². The zero-order valence-electron chi connectivity index (χ0n) is 14.8. The lowest BCUT2D eigenvalue weighted by atomic mass is 9.92. The lowest BCUT2D eigenvalue weighted by Gasteiger charge is -2.26. The predicted molar refractivity (Wildman–Crippen MR) is 103 cm³/mol. The molecule has 140 valence electrons. The van der Waals surface area contributed by atoms with Crippen LogP contribution < -0.4 is 27.1 Å². The molecule has 9 heteroatoms. The number of fused-ring (bicyclic) bond motifs is 1. The minimum absolute atomic E-state index is 0.296. The Labute approximate surface area is 156 Å². The first-order valence-electron chi connectivity index (χ1n) is 9.04. The Morgan fingerprint density at radius 1 is 1.15 bits per heavy atom. The molecular formula is C18H23N8O+. The van der Waals surface area contributed by atoms with Crippen LogP contribution in [0.25, 0.3) is 11.2 Å². The summed E-state index contributed by atoms with van der Waals surface area (Å²) in [6.45, 7) is 0. The van der Waals surface area contributed by atoms with Gasteiger partial charge in [0.2, 0.25) is 11.4 Å². The molecule has 0 spiro atoms. The number of primary amides is 1. The first-order chi connectivity index (χ1) is 13.1. The maximum absolute atomic E-state index is 11.2. The Morgan fingerprint density at radius 3 is 2.59 bits per heavy atom. The molecule has 1 amide bonds. The molecule has 1 saturated carbocycles. The van der Waals surface area contributed by atoms with Gasteiger partial charge in [0.15, 0.2) is 12.1 Å². The first-order valence-corrected chi connectivity index (χ1v) is 9.04. The van der Waals surface area contributed by atoms with Gasteiger partial charge < -0.3 is 22.1 Å². The lowest BCUT2D eigenvalue weighted by molar-refractivity contribution is -0.347. The number of imidazole rings is 1. The second kappa shape index (κ2) is 7.20. The smallest absolute Gasteiger partial charge is 0.307 e. The molecule has 2 aromatic heterocycles. The van der Waals surface area contributed by atoms with Gasteiger partial charge in [0.25, 0.3) is 0 Å². The van der Waals surface area contributed by atoms with Gasteiger partial charge >= 0.3 is 11.6 Å². The third-order valence-corrected chi connectivity index (χ3v) is 4.87. The molecule has 0 radical (unpaired) electrons. The number of anilines is 3. The van der Waals surface area contributed by atoms with Gasteiger partial charge in [-0.05, 0) is 49.9 Å². The Hall–Kier alpha value is -3.20. The highest BCUT2D eigenvalue weighted by Crippen LogP contribution is 2.24. The fourth-order valence-corrected chi connectivity index (χ4v) is 3.33. The summed E-state index contributed by atoms with van der Waals surface area (Å²) < 4.78 is 0. The van der Waals surface area contributed by atoms with E-state index in [2.05, 4.69) is 30.6 Å². The predicted octanol–water partition coefficient (Wildman–Crippen LogP) is 1.30. The highest BCUT2D eigenvalue weighted by Gasteiger charge is 2.22. The summed E-state index contributed by atoms with van der Waals surface area (Å²) in [6.07, 6.45) is 5.75. The number of hydrogen-bond acceptors (Lipinski definition) is 6. The summed E-state index contributed by atoms with van der Waals surface area (Å²) in [5.41, 5.74) is 14.0. The maximum atomic E-state index is 11.2. The number of amides is 1. The normalized spacial score (nSPS) is 19.7. The van der Waals surface area contributed by atoms with Crippen molar-refractivity contribution in [1.82, 2.24) is 15.0 Å². The number of carbonyl (C=O) groups excluding carboxylic acids is 1. The van der Waals surface area contributed by atoms with Crippen LogP contribution in [0.1, 0.15) is 36.0 Å². The van der Waals surface area contributed by atoms with Crippen molar-refractivity contribution < 1.29 is 9.78 Å². The van der Waals surface area contributed by atoms with Crippen molar-refractivity contribution >= 4 is 34.5 Å². The van der Waals surface area contributed by atoms with Crippen LogP contribution in [-0.4, -0.2) is 32.9 Å². The van der Waals surface area contributed by atoms with Crippen LogP contribution in [0.15, 0.2) is 30.6 Å². The van der Waals surface area contributed by atoms with Crippen LogP contribution >= 0.6 is 0 Å². The summed E-state index contributed by atoms with van der Waals surface area (Å²) in [7, 11) is 0. The van der Waals surface area contributed by atoms with E-state index in [0.717, 1.165) is 36.9 Å². The molecule has 0 saturated heterocycles. The van der Waals surface area contributed by atoms with Crippen molar-refractivity contribution in [3.05, 3.63) is 36.2 Å².